The van der Waals surface area contributed by atoms with Crippen molar-refractivity contribution < 1.29 is 19.7 Å². The molecule has 0 amide bonds. The zero-order valence-corrected chi connectivity index (χ0v) is 11.8. The zero-order valence-electron chi connectivity index (χ0n) is 11.8. The summed E-state index contributed by atoms with van der Waals surface area (Å²) in [4.78, 5) is 11.7. The smallest absolute Gasteiger partial charge is 0.336 e. The maximum atomic E-state index is 11.7. The molecular formula is C15H22O4. The number of hydrogen-bond donors (Lipinski definition) is 2. The lowest BCUT2D eigenvalue weighted by Gasteiger charge is -2.30. The first-order chi connectivity index (χ1) is 8.74. The fraction of sp³-hybridized carbons (Fsp3) is 0.667. The summed E-state index contributed by atoms with van der Waals surface area (Å²) in [6.07, 6.45) is 0.902. The molecule has 0 unspecified atom stereocenters. The molecule has 19 heavy (non-hydrogen) atoms. The molecule has 1 saturated carbocycles. The lowest BCUT2D eigenvalue weighted by molar-refractivity contribution is -0.152. The van der Waals surface area contributed by atoms with Crippen molar-refractivity contribution in [2.24, 2.45) is 11.8 Å². The van der Waals surface area contributed by atoms with E-state index >= 15 is 0 Å². The molecule has 2 N–H and O–H groups in total. The largest absolute Gasteiger partial charge is 0.428 e. The van der Waals surface area contributed by atoms with Gasteiger partial charge in [-0.25, -0.2) is 4.79 Å². The van der Waals surface area contributed by atoms with Crippen LogP contribution in [0, 0.1) is 11.8 Å². The van der Waals surface area contributed by atoms with E-state index < -0.39 is 17.9 Å². The lowest BCUT2D eigenvalue weighted by atomic mass is 9.79. The van der Waals surface area contributed by atoms with Gasteiger partial charge in [0.2, 0.25) is 6.29 Å². The van der Waals surface area contributed by atoms with Crippen LogP contribution in [0.2, 0.25) is 0 Å². The van der Waals surface area contributed by atoms with Crippen LogP contribution in [-0.4, -0.2) is 28.1 Å². The molecule has 4 heteroatoms. The van der Waals surface area contributed by atoms with Crippen molar-refractivity contribution in [2.45, 2.75) is 51.9 Å². The fourth-order valence-electron chi connectivity index (χ4n) is 3.25. The Morgan fingerprint density at radius 3 is 2.68 bits per heavy atom. The topological polar surface area (TPSA) is 66.8 Å². The molecule has 106 valence electrons. The molecule has 1 heterocycles. The third-order valence-corrected chi connectivity index (χ3v) is 4.61. The van der Waals surface area contributed by atoms with Gasteiger partial charge in [0.05, 0.1) is 5.60 Å². The van der Waals surface area contributed by atoms with E-state index in [1.165, 1.54) is 0 Å². The second-order valence-electron chi connectivity index (χ2n) is 6.08. The Bertz CT molecular complexity index is 447. The zero-order chi connectivity index (χ0) is 14.4. The number of aliphatic hydroxyl groups is 2. The van der Waals surface area contributed by atoms with Gasteiger partial charge in [0.15, 0.2) is 0 Å². The van der Waals surface area contributed by atoms with E-state index in [0.717, 1.165) is 12.0 Å². The molecule has 0 spiro atoms. The van der Waals surface area contributed by atoms with Crippen molar-refractivity contribution in [1.29, 1.82) is 0 Å². The minimum atomic E-state index is -1.13. The average molecular weight is 266 g/mol. The van der Waals surface area contributed by atoms with Crippen LogP contribution in [0.3, 0.4) is 0 Å². The van der Waals surface area contributed by atoms with E-state index in [0.29, 0.717) is 24.0 Å². The van der Waals surface area contributed by atoms with Gasteiger partial charge in [-0.3, -0.25) is 0 Å². The van der Waals surface area contributed by atoms with E-state index in [-0.39, 0.29) is 11.8 Å². The minimum Gasteiger partial charge on any atom is -0.428 e. The van der Waals surface area contributed by atoms with E-state index in [2.05, 4.69) is 6.58 Å². The number of allylic oxidation sites excluding steroid dienone is 1. The van der Waals surface area contributed by atoms with Crippen molar-refractivity contribution in [3.05, 3.63) is 23.3 Å². The second kappa shape index (κ2) is 4.76. The number of hydrogen-bond acceptors (Lipinski definition) is 4. The summed E-state index contributed by atoms with van der Waals surface area (Å²) in [5.41, 5.74) is 1.30. The Hall–Kier alpha value is -1.13. The second-order valence-corrected chi connectivity index (χ2v) is 6.08. The highest BCUT2D eigenvalue weighted by Gasteiger charge is 2.46. The molecule has 0 aromatic heterocycles. The van der Waals surface area contributed by atoms with Crippen LogP contribution in [0.15, 0.2) is 23.3 Å². The van der Waals surface area contributed by atoms with Gasteiger partial charge in [-0.2, -0.15) is 0 Å². The first kappa shape index (κ1) is 14.3. The summed E-state index contributed by atoms with van der Waals surface area (Å²) in [7, 11) is 0. The lowest BCUT2D eigenvalue weighted by Crippen LogP contribution is -2.33. The summed E-state index contributed by atoms with van der Waals surface area (Å²) in [6, 6.07) is 0. The molecule has 0 aromatic carbocycles. The SMILES string of the molecule is C=C(C)[C@H]1CC[C@@](C)(O)[C@H]1CC1=C(C)[C@@H](O)OC1=O. The van der Waals surface area contributed by atoms with Crippen molar-refractivity contribution in [3.8, 4) is 0 Å². The van der Waals surface area contributed by atoms with Crippen molar-refractivity contribution in [2.75, 3.05) is 0 Å². The monoisotopic (exact) mass is 266 g/mol. The third kappa shape index (κ3) is 2.47. The molecule has 1 fully saturated rings. The highest BCUT2D eigenvalue weighted by molar-refractivity contribution is 5.92. The summed E-state index contributed by atoms with van der Waals surface area (Å²) in [6.45, 7) is 9.46. The van der Waals surface area contributed by atoms with E-state index in [9.17, 15) is 15.0 Å². The predicted octanol–water partition coefficient (Wildman–Crippen LogP) is 1.92. The van der Waals surface area contributed by atoms with Crippen LogP contribution in [0.1, 0.15) is 40.0 Å². The molecule has 4 atom stereocenters. The maximum absolute atomic E-state index is 11.7. The van der Waals surface area contributed by atoms with Crippen LogP contribution in [-0.2, 0) is 9.53 Å². The number of rotatable bonds is 3. The first-order valence-electron chi connectivity index (χ1n) is 6.70. The summed E-state index contributed by atoms with van der Waals surface area (Å²) >= 11 is 0. The Balaban J connectivity index is 2.25. The van der Waals surface area contributed by atoms with E-state index in [1.807, 2.05) is 13.8 Å². The molecule has 1 aliphatic heterocycles. The van der Waals surface area contributed by atoms with Gasteiger partial charge in [0, 0.05) is 11.1 Å². The van der Waals surface area contributed by atoms with Gasteiger partial charge in [0.25, 0.3) is 0 Å². The number of cyclic esters (lactones) is 1. The highest BCUT2D eigenvalue weighted by atomic mass is 16.6. The number of carbonyl (C=O) groups excluding carboxylic acids is 1. The summed E-state index contributed by atoms with van der Waals surface area (Å²) in [5.74, 6) is -0.304. The van der Waals surface area contributed by atoms with Gasteiger partial charge in [0.1, 0.15) is 0 Å². The number of ether oxygens (including phenoxy) is 1. The third-order valence-electron chi connectivity index (χ3n) is 4.61. The molecule has 2 aliphatic rings. The number of aliphatic hydroxyl groups excluding tert-OH is 1. The van der Waals surface area contributed by atoms with Crippen LogP contribution >= 0.6 is 0 Å². The van der Waals surface area contributed by atoms with Gasteiger partial charge >= 0.3 is 5.97 Å². The summed E-state index contributed by atoms with van der Waals surface area (Å²) < 4.78 is 4.80. The van der Waals surface area contributed by atoms with Gasteiger partial charge in [-0.1, -0.05) is 12.2 Å². The van der Waals surface area contributed by atoms with Crippen molar-refractivity contribution >= 4 is 5.97 Å². The van der Waals surface area contributed by atoms with Gasteiger partial charge < -0.3 is 14.9 Å². The molecule has 2 rings (SSSR count). The van der Waals surface area contributed by atoms with Crippen LogP contribution < -0.4 is 0 Å². The van der Waals surface area contributed by atoms with Crippen molar-refractivity contribution in [3.63, 3.8) is 0 Å². The molecule has 0 radical (unpaired) electrons. The molecular weight excluding hydrogens is 244 g/mol. The quantitative estimate of drug-likeness (QED) is 0.605. The minimum absolute atomic E-state index is 0.0483. The Labute approximate surface area is 113 Å². The van der Waals surface area contributed by atoms with Crippen LogP contribution in [0.25, 0.3) is 0 Å². The molecule has 0 saturated heterocycles. The fourth-order valence-corrected chi connectivity index (χ4v) is 3.25. The van der Waals surface area contributed by atoms with Crippen molar-refractivity contribution in [1.82, 2.24) is 0 Å². The number of carbonyl (C=O) groups is 1. The molecule has 1 aliphatic carbocycles. The van der Waals surface area contributed by atoms with E-state index in [1.54, 1.807) is 6.92 Å². The molecule has 0 bridgehead atoms. The molecule has 4 nitrogen and oxygen atoms in total. The molecule has 0 aromatic rings. The van der Waals surface area contributed by atoms with Gasteiger partial charge in [-0.05, 0) is 51.9 Å². The summed E-state index contributed by atoms with van der Waals surface area (Å²) in [5, 5.41) is 20.0. The van der Waals surface area contributed by atoms with Gasteiger partial charge in [-0.15, -0.1) is 0 Å². The average Bonchev–Trinajstić information content (AvgIpc) is 2.71. The maximum Gasteiger partial charge on any atom is 0.336 e. The highest BCUT2D eigenvalue weighted by Crippen LogP contribution is 2.47. The Morgan fingerprint density at radius 2 is 2.21 bits per heavy atom. The predicted molar refractivity (Wildman–Crippen MR) is 71.1 cm³/mol. The van der Waals surface area contributed by atoms with Crippen LogP contribution in [0.4, 0.5) is 0 Å². The number of esters is 1. The van der Waals surface area contributed by atoms with E-state index in [4.69, 9.17) is 4.74 Å². The first-order valence-corrected chi connectivity index (χ1v) is 6.70. The Kier molecular flexibility index (Phi) is 3.58. The van der Waals surface area contributed by atoms with Crippen LogP contribution in [0.5, 0.6) is 0 Å². The Morgan fingerprint density at radius 1 is 1.58 bits per heavy atom. The normalized spacial score (nSPS) is 38.8. The standard InChI is InChI=1S/C15H22O4/c1-8(2)10-5-6-15(4,18)12(10)7-11-9(3)13(16)19-14(11)17/h10,12-13,16,18H,1,5-7H2,2-4H3/t10-,12+,13+,15-/m1/s1.